The zero-order valence-corrected chi connectivity index (χ0v) is 14.4. The Balaban J connectivity index is 2.26. The highest BCUT2D eigenvalue weighted by Crippen LogP contribution is 2.32. The first kappa shape index (κ1) is 14.0. The largest absolute Gasteiger partial charge is 0.227 e. The fourth-order valence-electron chi connectivity index (χ4n) is 1.95. The van der Waals surface area contributed by atoms with E-state index in [0.717, 1.165) is 25.4 Å². The molecule has 0 saturated heterocycles. The molecule has 0 fully saturated rings. The molecule has 0 spiro atoms. The molecule has 0 aliphatic carbocycles. The van der Waals surface area contributed by atoms with Crippen LogP contribution in [0.4, 0.5) is 0 Å². The fraction of sp³-hybridized carbons (Fsp3) is 0.0667. The van der Waals surface area contributed by atoms with Gasteiger partial charge in [0, 0.05) is 19.9 Å². The van der Waals surface area contributed by atoms with E-state index in [2.05, 4.69) is 41.8 Å². The van der Waals surface area contributed by atoms with Crippen LogP contribution in [0.5, 0.6) is 0 Å². The van der Waals surface area contributed by atoms with Crippen LogP contribution in [-0.4, -0.2) is 9.97 Å². The third-order valence-electron chi connectivity index (χ3n) is 2.98. The lowest BCUT2D eigenvalue weighted by atomic mass is 10.1. The van der Waals surface area contributed by atoms with Crippen molar-refractivity contribution in [1.29, 1.82) is 0 Å². The van der Waals surface area contributed by atoms with Gasteiger partial charge in [0.15, 0.2) is 5.82 Å². The second kappa shape index (κ2) is 5.43. The Hall–Kier alpha value is -0.970. The Morgan fingerprint density at radius 1 is 1.00 bits per heavy atom. The van der Waals surface area contributed by atoms with Crippen LogP contribution >= 0.6 is 43.5 Å². The molecule has 0 saturated carbocycles. The zero-order chi connectivity index (χ0) is 14.3. The molecule has 0 radical (unpaired) electrons. The van der Waals surface area contributed by atoms with Gasteiger partial charge in [0.1, 0.15) is 5.15 Å². The lowest BCUT2D eigenvalue weighted by molar-refractivity contribution is 1.22. The highest BCUT2D eigenvalue weighted by atomic mass is 79.9. The van der Waals surface area contributed by atoms with Crippen LogP contribution in [0.25, 0.3) is 22.3 Å². The Bertz CT molecular complexity index is 801. The first-order chi connectivity index (χ1) is 9.54. The van der Waals surface area contributed by atoms with E-state index >= 15 is 0 Å². The molecule has 0 aliphatic rings. The van der Waals surface area contributed by atoms with Gasteiger partial charge in [-0.1, -0.05) is 57.4 Å². The maximum atomic E-state index is 6.29. The summed E-state index contributed by atoms with van der Waals surface area (Å²) in [6.07, 6.45) is 0. The van der Waals surface area contributed by atoms with Gasteiger partial charge < -0.3 is 0 Å². The second-order valence-electron chi connectivity index (χ2n) is 4.49. The van der Waals surface area contributed by atoms with Crippen molar-refractivity contribution in [3.63, 3.8) is 0 Å². The van der Waals surface area contributed by atoms with Gasteiger partial charge in [-0.15, -0.1) is 0 Å². The van der Waals surface area contributed by atoms with Crippen LogP contribution < -0.4 is 0 Å². The lowest BCUT2D eigenvalue weighted by Gasteiger charge is -2.07. The molecule has 0 unspecified atom stereocenters. The molecule has 0 bridgehead atoms. The minimum atomic E-state index is 0.451. The summed E-state index contributed by atoms with van der Waals surface area (Å²) < 4.78 is 1.82. The smallest absolute Gasteiger partial charge is 0.161 e. The van der Waals surface area contributed by atoms with E-state index in [1.807, 2.05) is 43.3 Å². The van der Waals surface area contributed by atoms with Crippen molar-refractivity contribution in [3.8, 4) is 11.4 Å². The molecule has 0 atom stereocenters. The molecule has 2 aromatic carbocycles. The van der Waals surface area contributed by atoms with Gasteiger partial charge in [-0.05, 0) is 35.0 Å². The molecule has 3 rings (SSSR count). The Morgan fingerprint density at radius 3 is 2.40 bits per heavy atom. The van der Waals surface area contributed by atoms with Crippen LogP contribution in [0.2, 0.25) is 5.15 Å². The van der Waals surface area contributed by atoms with E-state index in [1.54, 1.807) is 0 Å². The number of fused-ring (bicyclic) bond motifs is 1. The van der Waals surface area contributed by atoms with Crippen molar-refractivity contribution < 1.29 is 0 Å². The number of rotatable bonds is 1. The summed E-state index contributed by atoms with van der Waals surface area (Å²) in [5.74, 6) is 0.630. The molecule has 1 heterocycles. The van der Waals surface area contributed by atoms with E-state index in [0.29, 0.717) is 11.0 Å². The van der Waals surface area contributed by atoms with Crippen molar-refractivity contribution in [2.24, 2.45) is 0 Å². The quantitative estimate of drug-likeness (QED) is 0.473. The summed E-state index contributed by atoms with van der Waals surface area (Å²) in [7, 11) is 0. The topological polar surface area (TPSA) is 25.8 Å². The number of aryl methyl sites for hydroxylation is 1. The Labute approximate surface area is 138 Å². The molecule has 3 aromatic rings. The fourth-order valence-corrected chi connectivity index (χ4v) is 3.49. The first-order valence-electron chi connectivity index (χ1n) is 5.94. The van der Waals surface area contributed by atoms with Crippen molar-refractivity contribution >= 4 is 54.4 Å². The van der Waals surface area contributed by atoms with Gasteiger partial charge in [0.25, 0.3) is 0 Å². The molecular weight excluding hydrogens is 403 g/mol. The van der Waals surface area contributed by atoms with Crippen molar-refractivity contribution in [3.05, 3.63) is 56.1 Å². The predicted octanol–water partition coefficient (Wildman–Crippen LogP) is 5.78. The van der Waals surface area contributed by atoms with E-state index in [-0.39, 0.29) is 0 Å². The zero-order valence-electron chi connectivity index (χ0n) is 10.5. The van der Waals surface area contributed by atoms with Crippen LogP contribution in [0, 0.1) is 6.92 Å². The summed E-state index contributed by atoms with van der Waals surface area (Å²) in [5, 5.41) is 1.27. The number of aromatic nitrogens is 2. The maximum absolute atomic E-state index is 6.29. The molecule has 0 aliphatic heterocycles. The molecule has 100 valence electrons. The normalized spacial score (nSPS) is 11.0. The van der Waals surface area contributed by atoms with Crippen molar-refractivity contribution in [2.45, 2.75) is 6.92 Å². The predicted molar refractivity (Wildman–Crippen MR) is 90.1 cm³/mol. The van der Waals surface area contributed by atoms with Gasteiger partial charge >= 0.3 is 0 Å². The van der Waals surface area contributed by atoms with E-state index in [9.17, 15) is 0 Å². The summed E-state index contributed by atoms with van der Waals surface area (Å²) in [4.78, 5) is 9.01. The van der Waals surface area contributed by atoms with Crippen LogP contribution in [0.1, 0.15) is 5.56 Å². The van der Waals surface area contributed by atoms with Crippen molar-refractivity contribution in [1.82, 2.24) is 9.97 Å². The standard InChI is InChI=1S/C15H9Br2ClN2/c1-8-2-4-9(5-3-8)15-19-13-11(14(18)20-15)6-10(16)7-12(13)17/h2-7H,1H3. The van der Waals surface area contributed by atoms with Gasteiger partial charge in [-0.2, -0.15) is 0 Å². The summed E-state index contributed by atoms with van der Waals surface area (Å²) in [5.41, 5.74) is 2.96. The van der Waals surface area contributed by atoms with Crippen molar-refractivity contribution in [2.75, 3.05) is 0 Å². The average molecular weight is 413 g/mol. The van der Waals surface area contributed by atoms with Crippen LogP contribution in [-0.2, 0) is 0 Å². The van der Waals surface area contributed by atoms with Crippen LogP contribution in [0.15, 0.2) is 45.3 Å². The highest BCUT2D eigenvalue weighted by molar-refractivity contribution is 9.11. The van der Waals surface area contributed by atoms with Gasteiger partial charge in [-0.25, -0.2) is 9.97 Å². The summed E-state index contributed by atoms with van der Waals surface area (Å²) in [6, 6.07) is 11.9. The van der Waals surface area contributed by atoms with E-state index < -0.39 is 0 Å². The van der Waals surface area contributed by atoms with Gasteiger partial charge in [0.05, 0.1) is 5.52 Å². The van der Waals surface area contributed by atoms with Gasteiger partial charge in [-0.3, -0.25) is 0 Å². The molecule has 0 amide bonds. The lowest BCUT2D eigenvalue weighted by Crippen LogP contribution is -1.93. The second-order valence-corrected chi connectivity index (χ2v) is 6.62. The molecule has 1 aromatic heterocycles. The maximum Gasteiger partial charge on any atom is 0.161 e. The molecule has 20 heavy (non-hydrogen) atoms. The molecular formula is C15H9Br2ClN2. The van der Waals surface area contributed by atoms with Gasteiger partial charge in [0.2, 0.25) is 0 Å². The van der Waals surface area contributed by atoms with E-state index in [1.165, 1.54) is 5.56 Å². The molecule has 0 N–H and O–H groups in total. The molecule has 2 nitrogen and oxygen atoms in total. The summed E-state index contributed by atoms with van der Waals surface area (Å²) >= 11 is 13.3. The number of hydrogen-bond donors (Lipinski definition) is 0. The Morgan fingerprint density at radius 2 is 1.70 bits per heavy atom. The third kappa shape index (κ3) is 2.60. The first-order valence-corrected chi connectivity index (χ1v) is 7.90. The average Bonchev–Trinajstić information content (AvgIpc) is 2.40. The molecule has 5 heteroatoms. The van der Waals surface area contributed by atoms with E-state index in [4.69, 9.17) is 11.6 Å². The third-order valence-corrected chi connectivity index (χ3v) is 4.33. The Kier molecular flexibility index (Phi) is 3.80. The monoisotopic (exact) mass is 410 g/mol. The minimum Gasteiger partial charge on any atom is -0.227 e. The SMILES string of the molecule is Cc1ccc(-c2nc(Cl)c3cc(Br)cc(Br)c3n2)cc1. The number of hydrogen-bond acceptors (Lipinski definition) is 2. The van der Waals surface area contributed by atoms with Crippen LogP contribution in [0.3, 0.4) is 0 Å². The summed E-state index contributed by atoms with van der Waals surface area (Å²) in [6.45, 7) is 2.05. The highest BCUT2D eigenvalue weighted by Gasteiger charge is 2.11. The minimum absolute atomic E-state index is 0.451. The number of halogens is 3. The number of nitrogens with zero attached hydrogens (tertiary/aromatic N) is 2. The number of benzene rings is 2.